The summed E-state index contributed by atoms with van der Waals surface area (Å²) < 4.78 is 7.39. The van der Waals surface area contributed by atoms with Crippen LogP contribution < -0.4 is 5.32 Å². The number of hydrogen-bond acceptors (Lipinski definition) is 7. The Morgan fingerprint density at radius 2 is 0.769 bits per heavy atom. The van der Waals surface area contributed by atoms with Gasteiger partial charge in [-0.2, -0.15) is 5.10 Å². The third-order valence-electron chi connectivity index (χ3n) is 22.2. The van der Waals surface area contributed by atoms with Gasteiger partial charge in [0.05, 0.1) is 25.5 Å². The lowest BCUT2D eigenvalue weighted by Crippen LogP contribution is -2.51. The molecule has 0 atom stereocenters. The van der Waals surface area contributed by atoms with Gasteiger partial charge >= 0.3 is 0 Å². The maximum atomic E-state index is 11.9. The standard InChI is InChI=1S/C15H25N3O.C14H27NO.C14H30.C13H24N2O2.C13H25NO2.C13H28.C11H24.C11H20/c1-11(2)13-9-16-18(10-13)14-5-7-17(8-6-14)15(19)12(3)4;1-11(2)6-5-7-13-9-15(10-13)14(16)8-12(3)4;1-13(2)11-9-7-5-6-8-10-12-14(3)4;1-10(2)12(16)14-6-5-7-15(9-8-14)13(17)11(3)4;1-10(2)5-12(15)14-7-13(6-11(3)4)8-16-9-13;1-12(2)10-8-6-5-7-9-11-13(3)4;2*1-10(2)8-6-5-7-9-11(3)4/h9-12,14H,5-8H2,1-4H3;11-13H,5-10H2,1-4H3;13-14H,5-12H2,1-4H3;10-11H,5-9H2,1-4H3;10-11H,5-9H2,1-4H3,(H,14,15);12-13H,5-11H2,1-4H3;10-11H,5-9H2,1-4H3;10-11H,6,8-9H2,1-4H3. The zero-order chi connectivity index (χ0) is 89.6. The van der Waals surface area contributed by atoms with Crippen LogP contribution in [0.15, 0.2) is 12.4 Å². The van der Waals surface area contributed by atoms with Crippen LogP contribution in [0.25, 0.3) is 0 Å². The van der Waals surface area contributed by atoms with Crippen molar-refractivity contribution in [1.29, 1.82) is 0 Å². The molecule has 4 aliphatic rings. The highest BCUT2D eigenvalue weighted by atomic mass is 16.5. The molecule has 117 heavy (non-hydrogen) atoms. The number of nitrogens with zero attached hydrogens (tertiary/aromatic N) is 6. The fraction of sp³-hybridized carbons (Fsp3) is 0.904. The monoisotopic (exact) mass is 1650 g/mol. The summed E-state index contributed by atoms with van der Waals surface area (Å²) in [4.78, 5) is 66.8. The first kappa shape index (κ1) is 117. The lowest BCUT2D eigenvalue weighted by atomic mass is 9.78. The normalized spacial score (nSPS) is 14.9. The van der Waals surface area contributed by atoms with Crippen molar-refractivity contribution in [2.75, 3.05) is 72.1 Å². The first-order chi connectivity index (χ1) is 54.8. The van der Waals surface area contributed by atoms with Crippen LogP contribution in [-0.2, 0) is 28.7 Å². The molecule has 5 heterocycles. The quantitative estimate of drug-likeness (QED) is 0.0508. The van der Waals surface area contributed by atoms with E-state index >= 15 is 0 Å². The molecule has 0 bridgehead atoms. The zero-order valence-corrected chi connectivity index (χ0v) is 84.1. The van der Waals surface area contributed by atoms with Crippen LogP contribution in [0.3, 0.4) is 0 Å². The highest BCUT2D eigenvalue weighted by molar-refractivity contribution is 5.80. The molecular formula is C104H203N7O6. The molecule has 4 aliphatic heterocycles. The van der Waals surface area contributed by atoms with Gasteiger partial charge < -0.3 is 29.7 Å². The molecule has 13 nitrogen and oxygen atoms in total. The van der Waals surface area contributed by atoms with Crippen molar-refractivity contribution in [2.24, 2.45) is 100 Å². The number of carbonyl (C=O) groups is 5. The summed E-state index contributed by atoms with van der Waals surface area (Å²) in [5.74, 6) is 18.4. The summed E-state index contributed by atoms with van der Waals surface area (Å²) in [5.41, 5.74) is 1.50. The fourth-order valence-corrected chi connectivity index (χ4v) is 14.6. The van der Waals surface area contributed by atoms with E-state index in [-0.39, 0.29) is 46.8 Å². The van der Waals surface area contributed by atoms with Crippen molar-refractivity contribution >= 4 is 29.5 Å². The molecule has 1 aromatic rings. The van der Waals surface area contributed by atoms with E-state index in [9.17, 15) is 24.0 Å². The third kappa shape index (κ3) is 69.2. The summed E-state index contributed by atoms with van der Waals surface area (Å²) in [7, 11) is 0. The van der Waals surface area contributed by atoms with Crippen LogP contribution in [0, 0.1) is 112 Å². The van der Waals surface area contributed by atoms with Gasteiger partial charge in [0.25, 0.3) is 0 Å². The van der Waals surface area contributed by atoms with Gasteiger partial charge in [-0.25, -0.2) is 0 Å². The second-order valence-corrected chi connectivity index (χ2v) is 42.4. The first-order valence-corrected chi connectivity index (χ1v) is 49.3. The average molecular weight is 1650 g/mol. The second kappa shape index (κ2) is 71.5. The number of hydrogen-bond donors (Lipinski definition) is 1. The number of carbonyl (C=O) groups excluding carboxylic acids is 5. The predicted molar refractivity (Wildman–Crippen MR) is 510 cm³/mol. The van der Waals surface area contributed by atoms with Gasteiger partial charge in [0.1, 0.15) is 0 Å². The maximum Gasteiger partial charge on any atom is 0.225 e. The Balaban J connectivity index is -0.00000128. The van der Waals surface area contributed by atoms with E-state index < -0.39 is 0 Å². The summed E-state index contributed by atoms with van der Waals surface area (Å²) >= 11 is 0. The number of amides is 5. The molecule has 4 saturated heterocycles. The number of piperidine rings is 1. The van der Waals surface area contributed by atoms with Crippen LogP contribution in [0.2, 0.25) is 0 Å². The van der Waals surface area contributed by atoms with Crippen molar-refractivity contribution in [3.63, 3.8) is 0 Å². The van der Waals surface area contributed by atoms with E-state index in [0.29, 0.717) is 55.1 Å². The van der Waals surface area contributed by atoms with Gasteiger partial charge in [0.2, 0.25) is 29.5 Å². The molecule has 0 radical (unpaired) electrons. The Morgan fingerprint density at radius 3 is 1.09 bits per heavy atom. The van der Waals surface area contributed by atoms with E-state index in [2.05, 4.69) is 213 Å². The Bertz CT molecular complexity index is 2520. The molecule has 0 aromatic carbocycles. The van der Waals surface area contributed by atoms with E-state index in [1.807, 2.05) is 67.3 Å². The minimum atomic E-state index is 0.0438. The Kier molecular flexibility index (Phi) is 71.6. The second-order valence-electron chi connectivity index (χ2n) is 42.4. The maximum absolute atomic E-state index is 11.9. The van der Waals surface area contributed by atoms with E-state index in [4.69, 9.17) is 4.74 Å². The molecule has 690 valence electrons. The number of unbranched alkanes of at least 4 members (excludes halogenated alkanes) is 11. The number of nitrogens with one attached hydrogen (secondary N) is 1. The molecule has 0 saturated carbocycles. The Labute approximate surface area is 729 Å². The first-order valence-electron chi connectivity index (χ1n) is 49.3. The molecule has 0 spiro atoms. The van der Waals surface area contributed by atoms with Gasteiger partial charge in [-0.3, -0.25) is 28.7 Å². The predicted octanol–water partition coefficient (Wildman–Crippen LogP) is 27.9. The Morgan fingerprint density at radius 1 is 0.410 bits per heavy atom. The summed E-state index contributed by atoms with van der Waals surface area (Å²) in [6.45, 7) is 79.0. The molecule has 5 amide bonds. The topological polar surface area (TPSA) is 137 Å². The molecule has 0 unspecified atom stereocenters. The number of ether oxygens (including phenoxy) is 1. The zero-order valence-electron chi connectivity index (χ0n) is 84.1. The van der Waals surface area contributed by atoms with Gasteiger partial charge in [-0.1, -0.05) is 363 Å². The lowest BCUT2D eigenvalue weighted by molar-refractivity contribution is -0.138. The summed E-state index contributed by atoms with van der Waals surface area (Å²) in [6, 6.07) is 0.448. The minimum Gasteiger partial charge on any atom is -0.380 e. The van der Waals surface area contributed by atoms with E-state index in [1.165, 1.54) is 160 Å². The third-order valence-corrected chi connectivity index (χ3v) is 22.2. The van der Waals surface area contributed by atoms with Gasteiger partial charge in [0.15, 0.2) is 0 Å². The molecule has 4 fully saturated rings. The van der Waals surface area contributed by atoms with Crippen LogP contribution in [0.4, 0.5) is 0 Å². The van der Waals surface area contributed by atoms with E-state index in [0.717, 1.165) is 163 Å². The van der Waals surface area contributed by atoms with Crippen LogP contribution in [0.1, 0.15) is 445 Å². The Hall–Kier alpha value is -3.92. The van der Waals surface area contributed by atoms with Gasteiger partial charge in [-0.05, 0) is 127 Å². The SMILES string of the molecule is CC(C)C(=O)N1CCC(n2cc(C(C)C)cn2)CC1.CC(C)C(=O)N1CCCN(C(=O)C(C)C)CC1.CC(C)CC#CCCC(C)C.CC(C)CC(=O)NCC1(CC(C)C)COC1.CC(C)CCCC1CN(C(=O)CC(C)C)C1.CC(C)CCCCCC(C)C.CC(C)CCCCCCCC(C)C.CC(C)CCCCCCCCC(C)C. The van der Waals surface area contributed by atoms with Crippen molar-refractivity contribution in [3.05, 3.63) is 18.0 Å². The molecule has 1 N–H and O–H groups in total. The lowest BCUT2D eigenvalue weighted by Gasteiger charge is -2.42. The van der Waals surface area contributed by atoms with Gasteiger partial charge in [-0.15, -0.1) is 11.8 Å². The van der Waals surface area contributed by atoms with E-state index in [1.54, 1.807) is 0 Å². The average Bonchev–Trinajstić information content (AvgIpc) is 1.34. The largest absolute Gasteiger partial charge is 0.380 e. The highest BCUT2D eigenvalue weighted by Gasteiger charge is 2.39. The van der Waals surface area contributed by atoms with Crippen molar-refractivity contribution in [1.82, 2.24) is 34.7 Å². The summed E-state index contributed by atoms with van der Waals surface area (Å²) in [5, 5.41) is 7.52. The number of aromatic nitrogens is 2. The van der Waals surface area contributed by atoms with Crippen LogP contribution in [0.5, 0.6) is 0 Å². The molecule has 5 rings (SSSR count). The number of rotatable bonds is 43. The molecule has 13 heteroatoms. The van der Waals surface area contributed by atoms with Gasteiger partial charge in [0, 0.05) is 114 Å². The molecule has 1 aromatic heterocycles. The van der Waals surface area contributed by atoms with Crippen LogP contribution in [-0.4, -0.2) is 131 Å². The van der Waals surface area contributed by atoms with Crippen molar-refractivity contribution in [2.45, 2.75) is 439 Å². The van der Waals surface area contributed by atoms with Crippen molar-refractivity contribution < 1.29 is 28.7 Å². The molecule has 0 aliphatic carbocycles. The minimum absolute atomic E-state index is 0.0438. The molecular weight excluding hydrogens is 1440 g/mol. The van der Waals surface area contributed by atoms with Crippen LogP contribution >= 0.6 is 0 Å². The number of likely N-dealkylation sites (tertiary alicyclic amines) is 2. The highest BCUT2D eigenvalue weighted by Crippen LogP contribution is 2.34. The summed E-state index contributed by atoms with van der Waals surface area (Å²) in [6.07, 6.45) is 45.7. The van der Waals surface area contributed by atoms with Crippen molar-refractivity contribution in [3.8, 4) is 11.8 Å². The smallest absolute Gasteiger partial charge is 0.225 e. The fourth-order valence-electron chi connectivity index (χ4n) is 14.6.